The number of aromatic amines is 1. The zero-order chi connectivity index (χ0) is 16.7. The minimum atomic E-state index is -0.334. The molecule has 2 fully saturated rings. The normalized spacial score (nSPS) is 24.2. The van der Waals surface area contributed by atoms with E-state index >= 15 is 0 Å². The lowest BCUT2D eigenvalue weighted by Crippen LogP contribution is -2.39. The summed E-state index contributed by atoms with van der Waals surface area (Å²) in [5.74, 6) is 0.564. The van der Waals surface area contributed by atoms with Crippen molar-refractivity contribution in [3.63, 3.8) is 0 Å². The van der Waals surface area contributed by atoms with Crippen molar-refractivity contribution in [2.45, 2.75) is 51.1 Å². The molecule has 128 valence electrons. The third kappa shape index (κ3) is 3.05. The molecule has 2 aliphatic carbocycles. The third-order valence-electron chi connectivity index (χ3n) is 5.17. The molecule has 2 N–H and O–H groups in total. The average molecular weight is 347 g/mol. The lowest BCUT2D eigenvalue weighted by molar-refractivity contribution is -0.126. The van der Waals surface area contributed by atoms with Crippen molar-refractivity contribution in [3.05, 3.63) is 32.3 Å². The Morgan fingerprint density at radius 1 is 1.21 bits per heavy atom. The van der Waals surface area contributed by atoms with Gasteiger partial charge in [0.1, 0.15) is 4.70 Å². The number of thiophene rings is 1. The maximum Gasteiger partial charge on any atom is 0.328 e. The van der Waals surface area contributed by atoms with Gasteiger partial charge in [-0.1, -0.05) is 0 Å². The van der Waals surface area contributed by atoms with Gasteiger partial charge in [0.2, 0.25) is 5.91 Å². The molecule has 2 aromatic rings. The maximum atomic E-state index is 12.5. The third-order valence-corrected chi connectivity index (χ3v) is 6.08. The standard InChI is InChI=1S/C17H21N3O3S/c21-15(18-12-5-6-12)11-3-1-10(2-4-11)9-20-16(22)14-13(7-8-24-14)19-17(20)23/h7-8,10-12H,1-6,9H2,(H,18,21)(H,19,23). The summed E-state index contributed by atoms with van der Waals surface area (Å²) in [5, 5.41) is 4.89. The summed E-state index contributed by atoms with van der Waals surface area (Å²) in [6, 6.07) is 2.17. The van der Waals surface area contributed by atoms with Crippen LogP contribution in [-0.4, -0.2) is 21.5 Å². The molecule has 2 saturated carbocycles. The van der Waals surface area contributed by atoms with Crippen molar-refractivity contribution in [1.29, 1.82) is 0 Å². The van der Waals surface area contributed by atoms with Crippen LogP contribution < -0.4 is 16.6 Å². The fourth-order valence-corrected chi connectivity index (χ4v) is 4.35. The maximum absolute atomic E-state index is 12.5. The van der Waals surface area contributed by atoms with Crippen LogP contribution in [-0.2, 0) is 11.3 Å². The summed E-state index contributed by atoms with van der Waals surface area (Å²) >= 11 is 1.36. The molecule has 7 heteroatoms. The highest BCUT2D eigenvalue weighted by atomic mass is 32.1. The van der Waals surface area contributed by atoms with Gasteiger partial charge < -0.3 is 10.3 Å². The second kappa shape index (κ2) is 6.20. The van der Waals surface area contributed by atoms with Gasteiger partial charge in [0.25, 0.3) is 5.56 Å². The Morgan fingerprint density at radius 2 is 1.96 bits per heavy atom. The van der Waals surface area contributed by atoms with Crippen LogP contribution in [0.3, 0.4) is 0 Å². The molecule has 0 radical (unpaired) electrons. The highest BCUT2D eigenvalue weighted by Crippen LogP contribution is 2.30. The zero-order valence-electron chi connectivity index (χ0n) is 13.4. The molecule has 0 spiro atoms. The van der Waals surface area contributed by atoms with Gasteiger partial charge in [0, 0.05) is 18.5 Å². The molecule has 1 amide bonds. The van der Waals surface area contributed by atoms with Crippen LogP contribution >= 0.6 is 11.3 Å². The average Bonchev–Trinajstić information content (AvgIpc) is 3.26. The highest BCUT2D eigenvalue weighted by Gasteiger charge is 2.30. The van der Waals surface area contributed by atoms with Crippen LogP contribution in [0.5, 0.6) is 0 Å². The number of fused-ring (bicyclic) bond motifs is 1. The van der Waals surface area contributed by atoms with Crippen molar-refractivity contribution in [2.75, 3.05) is 0 Å². The lowest BCUT2D eigenvalue weighted by Gasteiger charge is -2.27. The number of rotatable bonds is 4. The SMILES string of the molecule is O=C(NC1CC1)C1CCC(Cn2c(=O)[nH]c3ccsc3c2=O)CC1. The number of hydrogen-bond acceptors (Lipinski definition) is 4. The molecule has 0 aliphatic heterocycles. The summed E-state index contributed by atoms with van der Waals surface area (Å²) < 4.78 is 1.93. The number of carbonyl (C=O) groups excluding carboxylic acids is 1. The number of nitrogens with zero attached hydrogens (tertiary/aromatic N) is 1. The summed E-state index contributed by atoms with van der Waals surface area (Å²) in [6.07, 6.45) is 5.68. The minimum Gasteiger partial charge on any atom is -0.353 e. The van der Waals surface area contributed by atoms with Gasteiger partial charge in [0.05, 0.1) is 5.52 Å². The van der Waals surface area contributed by atoms with E-state index in [1.807, 2.05) is 5.38 Å². The van der Waals surface area contributed by atoms with Crippen molar-refractivity contribution >= 4 is 27.5 Å². The quantitative estimate of drug-likeness (QED) is 0.885. The molecule has 24 heavy (non-hydrogen) atoms. The summed E-state index contributed by atoms with van der Waals surface area (Å²) in [6.45, 7) is 0.443. The van der Waals surface area contributed by atoms with E-state index in [2.05, 4.69) is 10.3 Å². The largest absolute Gasteiger partial charge is 0.353 e. The van der Waals surface area contributed by atoms with Crippen LogP contribution in [0, 0.1) is 11.8 Å². The summed E-state index contributed by atoms with van der Waals surface area (Å²) in [7, 11) is 0. The Bertz CT molecular complexity index is 869. The van der Waals surface area contributed by atoms with Gasteiger partial charge >= 0.3 is 5.69 Å². The van der Waals surface area contributed by atoms with Crippen LogP contribution in [0.15, 0.2) is 21.0 Å². The lowest BCUT2D eigenvalue weighted by atomic mass is 9.81. The number of amides is 1. The monoisotopic (exact) mass is 347 g/mol. The molecule has 4 rings (SSSR count). The number of hydrogen-bond donors (Lipinski definition) is 2. The van der Waals surface area contributed by atoms with Crippen LogP contribution in [0.4, 0.5) is 0 Å². The molecule has 2 heterocycles. The molecule has 0 bridgehead atoms. The Morgan fingerprint density at radius 3 is 2.67 bits per heavy atom. The van der Waals surface area contributed by atoms with E-state index in [0.717, 1.165) is 38.5 Å². The highest BCUT2D eigenvalue weighted by molar-refractivity contribution is 7.17. The van der Waals surface area contributed by atoms with E-state index in [1.165, 1.54) is 15.9 Å². The van der Waals surface area contributed by atoms with Gasteiger partial charge in [-0.3, -0.25) is 14.2 Å². The predicted octanol–water partition coefficient (Wildman–Crippen LogP) is 1.84. The van der Waals surface area contributed by atoms with E-state index in [0.29, 0.717) is 22.8 Å². The van der Waals surface area contributed by atoms with E-state index < -0.39 is 0 Å². The Kier molecular flexibility index (Phi) is 4.04. The van der Waals surface area contributed by atoms with Gasteiger partial charge in [-0.05, 0) is 55.9 Å². The van der Waals surface area contributed by atoms with Crippen molar-refractivity contribution in [3.8, 4) is 0 Å². The first-order valence-corrected chi connectivity index (χ1v) is 9.50. The first-order chi connectivity index (χ1) is 11.6. The minimum absolute atomic E-state index is 0.0941. The number of aromatic nitrogens is 2. The van der Waals surface area contributed by atoms with Crippen LogP contribution in [0.1, 0.15) is 38.5 Å². The molecule has 0 atom stereocenters. The number of H-pyrrole nitrogens is 1. The molecular formula is C17H21N3O3S. The smallest absolute Gasteiger partial charge is 0.328 e. The molecule has 0 unspecified atom stereocenters. The first-order valence-electron chi connectivity index (χ1n) is 8.62. The molecule has 6 nitrogen and oxygen atoms in total. The van der Waals surface area contributed by atoms with Crippen LogP contribution in [0.2, 0.25) is 0 Å². The molecule has 0 saturated heterocycles. The predicted molar refractivity (Wildman–Crippen MR) is 93.3 cm³/mol. The van der Waals surface area contributed by atoms with Crippen molar-refractivity contribution in [2.24, 2.45) is 11.8 Å². The van der Waals surface area contributed by atoms with E-state index in [4.69, 9.17) is 0 Å². The fourth-order valence-electron chi connectivity index (χ4n) is 3.55. The van der Waals surface area contributed by atoms with E-state index in [-0.39, 0.29) is 29.0 Å². The van der Waals surface area contributed by atoms with Crippen molar-refractivity contribution < 1.29 is 4.79 Å². The topological polar surface area (TPSA) is 84.0 Å². The van der Waals surface area contributed by atoms with Gasteiger partial charge in [-0.15, -0.1) is 11.3 Å². The van der Waals surface area contributed by atoms with Gasteiger partial charge in [0.15, 0.2) is 0 Å². The van der Waals surface area contributed by atoms with Gasteiger partial charge in [-0.25, -0.2) is 4.79 Å². The molecular weight excluding hydrogens is 326 g/mol. The van der Waals surface area contributed by atoms with Gasteiger partial charge in [-0.2, -0.15) is 0 Å². The number of nitrogens with one attached hydrogen (secondary N) is 2. The Hall–Kier alpha value is -1.89. The Labute approximate surface area is 142 Å². The Balaban J connectivity index is 1.43. The van der Waals surface area contributed by atoms with Crippen LogP contribution in [0.25, 0.3) is 10.2 Å². The van der Waals surface area contributed by atoms with E-state index in [9.17, 15) is 14.4 Å². The molecule has 2 aliphatic rings. The number of carbonyl (C=O) groups is 1. The fraction of sp³-hybridized carbons (Fsp3) is 0.588. The second-order valence-corrected chi connectivity index (χ2v) is 7.93. The molecule has 0 aromatic carbocycles. The second-order valence-electron chi connectivity index (χ2n) is 7.01. The van der Waals surface area contributed by atoms with Crippen molar-refractivity contribution in [1.82, 2.24) is 14.9 Å². The molecule has 2 aromatic heterocycles. The zero-order valence-corrected chi connectivity index (χ0v) is 14.2. The first kappa shape index (κ1) is 15.6. The summed E-state index contributed by atoms with van der Waals surface area (Å²) in [5.41, 5.74) is 0.0866. The summed E-state index contributed by atoms with van der Waals surface area (Å²) in [4.78, 5) is 39.5. The van der Waals surface area contributed by atoms with E-state index in [1.54, 1.807) is 6.07 Å².